The summed E-state index contributed by atoms with van der Waals surface area (Å²) in [7, 11) is 0. The van der Waals surface area contributed by atoms with E-state index in [1.807, 2.05) is 30.3 Å². The lowest BCUT2D eigenvalue weighted by Crippen LogP contribution is -2.06. The number of nitrogens with zero attached hydrogens (tertiary/aromatic N) is 4. The minimum Gasteiger partial charge on any atom is -0.381 e. The second kappa shape index (κ2) is 3.99. The lowest BCUT2D eigenvalue weighted by atomic mass is 10.1. The molecule has 6 nitrogen and oxygen atoms in total. The van der Waals surface area contributed by atoms with Crippen molar-refractivity contribution in [3.05, 3.63) is 47.8 Å². The van der Waals surface area contributed by atoms with Crippen molar-refractivity contribution in [3.63, 3.8) is 0 Å². The van der Waals surface area contributed by atoms with Gasteiger partial charge in [0.25, 0.3) is 0 Å². The van der Waals surface area contributed by atoms with E-state index < -0.39 is 0 Å². The third-order valence-corrected chi connectivity index (χ3v) is 2.79. The third kappa shape index (κ3) is 1.64. The first-order valence-corrected chi connectivity index (χ1v) is 5.53. The molecule has 0 amide bonds. The maximum Gasteiger partial charge on any atom is 0.226 e. The number of fused-ring (bicyclic) bond motifs is 1. The minimum absolute atomic E-state index is 0.324. The van der Waals surface area contributed by atoms with Gasteiger partial charge in [0.05, 0.1) is 5.69 Å². The molecule has 18 heavy (non-hydrogen) atoms. The molecule has 0 aliphatic heterocycles. The molecule has 6 heteroatoms. The number of anilines is 2. The molecule has 0 bridgehead atoms. The Kier molecular flexibility index (Phi) is 2.33. The summed E-state index contributed by atoms with van der Waals surface area (Å²) >= 11 is 0. The van der Waals surface area contributed by atoms with Crippen LogP contribution in [-0.2, 0) is 6.42 Å². The third-order valence-electron chi connectivity index (χ3n) is 2.79. The molecule has 0 aliphatic carbocycles. The Morgan fingerprint density at radius 3 is 2.61 bits per heavy atom. The zero-order valence-electron chi connectivity index (χ0n) is 9.61. The SMILES string of the molecule is Nc1ncc(Cc2ccccc2)n2c(N)nnc12. The molecule has 2 aromatic heterocycles. The van der Waals surface area contributed by atoms with Crippen molar-refractivity contribution in [2.75, 3.05) is 11.5 Å². The molecule has 1 aromatic carbocycles. The number of rotatable bonds is 2. The largest absolute Gasteiger partial charge is 0.381 e. The number of aromatic nitrogens is 4. The van der Waals surface area contributed by atoms with Crippen LogP contribution in [0.4, 0.5) is 11.8 Å². The second-order valence-corrected chi connectivity index (χ2v) is 4.01. The van der Waals surface area contributed by atoms with Crippen molar-refractivity contribution < 1.29 is 0 Å². The Labute approximate surface area is 103 Å². The highest BCUT2D eigenvalue weighted by molar-refractivity contribution is 5.61. The van der Waals surface area contributed by atoms with Gasteiger partial charge in [0.15, 0.2) is 5.82 Å². The second-order valence-electron chi connectivity index (χ2n) is 4.01. The van der Waals surface area contributed by atoms with Crippen molar-refractivity contribution in [2.24, 2.45) is 0 Å². The van der Waals surface area contributed by atoms with E-state index in [2.05, 4.69) is 15.2 Å². The molecule has 0 radical (unpaired) electrons. The lowest BCUT2D eigenvalue weighted by molar-refractivity contribution is 0.985. The van der Waals surface area contributed by atoms with Crippen molar-refractivity contribution in [1.29, 1.82) is 0 Å². The van der Waals surface area contributed by atoms with Gasteiger partial charge in [-0.3, -0.25) is 4.40 Å². The maximum absolute atomic E-state index is 5.81. The summed E-state index contributed by atoms with van der Waals surface area (Å²) in [6, 6.07) is 10.1. The summed E-state index contributed by atoms with van der Waals surface area (Å²) in [6.45, 7) is 0. The number of benzene rings is 1. The molecular weight excluding hydrogens is 228 g/mol. The van der Waals surface area contributed by atoms with Gasteiger partial charge >= 0.3 is 0 Å². The average Bonchev–Trinajstić information content (AvgIpc) is 2.78. The van der Waals surface area contributed by atoms with Crippen molar-refractivity contribution in [3.8, 4) is 0 Å². The first-order chi connectivity index (χ1) is 8.75. The molecule has 0 aliphatic rings. The molecule has 90 valence electrons. The van der Waals surface area contributed by atoms with Crippen LogP contribution in [0.3, 0.4) is 0 Å². The van der Waals surface area contributed by atoms with Crippen LogP contribution >= 0.6 is 0 Å². The minimum atomic E-state index is 0.324. The number of nitrogen functional groups attached to an aromatic ring is 2. The van der Waals surface area contributed by atoms with E-state index in [0.717, 1.165) is 5.69 Å². The fourth-order valence-corrected chi connectivity index (χ4v) is 1.93. The number of nitrogens with two attached hydrogens (primary N) is 2. The molecule has 3 rings (SSSR count). The monoisotopic (exact) mass is 240 g/mol. The van der Waals surface area contributed by atoms with Gasteiger partial charge in [0.1, 0.15) is 0 Å². The predicted molar refractivity (Wildman–Crippen MR) is 68.9 cm³/mol. The topological polar surface area (TPSA) is 95.1 Å². The molecule has 0 unspecified atom stereocenters. The Bertz CT molecular complexity index is 688. The summed E-state index contributed by atoms with van der Waals surface area (Å²) in [6.07, 6.45) is 2.40. The standard InChI is InChI=1S/C12H12N6/c13-10-11-16-17-12(14)18(11)9(7-15-10)6-8-4-2-1-3-5-8/h1-5,7H,6H2,(H2,13,15)(H2,14,17). The van der Waals surface area contributed by atoms with Gasteiger partial charge in [-0.15, -0.1) is 10.2 Å². The fraction of sp³-hybridized carbons (Fsp3) is 0.0833. The first kappa shape index (κ1) is 10.5. The highest BCUT2D eigenvalue weighted by Gasteiger charge is 2.11. The van der Waals surface area contributed by atoms with Gasteiger partial charge in [-0.25, -0.2) is 4.98 Å². The van der Waals surface area contributed by atoms with Gasteiger partial charge in [-0.2, -0.15) is 0 Å². The zero-order chi connectivity index (χ0) is 12.5. The Morgan fingerprint density at radius 2 is 1.83 bits per heavy atom. The Hall–Kier alpha value is -2.63. The van der Waals surface area contributed by atoms with Crippen LogP contribution in [0.15, 0.2) is 36.5 Å². The summed E-state index contributed by atoms with van der Waals surface area (Å²) in [5.41, 5.74) is 14.1. The highest BCUT2D eigenvalue weighted by atomic mass is 15.3. The molecule has 4 N–H and O–H groups in total. The van der Waals surface area contributed by atoms with Crippen LogP contribution in [0, 0.1) is 0 Å². The first-order valence-electron chi connectivity index (χ1n) is 5.53. The maximum atomic E-state index is 5.81. The van der Waals surface area contributed by atoms with Crippen LogP contribution in [0.2, 0.25) is 0 Å². The molecule has 0 spiro atoms. The molecule has 0 saturated heterocycles. The van der Waals surface area contributed by atoms with Gasteiger partial charge < -0.3 is 11.5 Å². The van der Waals surface area contributed by atoms with Gasteiger partial charge in [-0.05, 0) is 5.56 Å². The van der Waals surface area contributed by atoms with Crippen LogP contribution in [0.1, 0.15) is 11.3 Å². The van der Waals surface area contributed by atoms with Crippen molar-refractivity contribution >= 4 is 17.4 Å². The van der Waals surface area contributed by atoms with E-state index in [1.165, 1.54) is 5.56 Å². The average molecular weight is 240 g/mol. The van der Waals surface area contributed by atoms with Crippen LogP contribution in [0.25, 0.3) is 5.65 Å². The van der Waals surface area contributed by atoms with Crippen molar-refractivity contribution in [2.45, 2.75) is 6.42 Å². The zero-order valence-corrected chi connectivity index (χ0v) is 9.61. The smallest absolute Gasteiger partial charge is 0.226 e. The van der Waals surface area contributed by atoms with Crippen molar-refractivity contribution in [1.82, 2.24) is 19.6 Å². The van der Waals surface area contributed by atoms with E-state index in [1.54, 1.807) is 10.6 Å². The molecular formula is C12H12N6. The normalized spacial score (nSPS) is 10.9. The van der Waals surface area contributed by atoms with E-state index in [-0.39, 0.29) is 0 Å². The number of hydrogen-bond acceptors (Lipinski definition) is 5. The van der Waals surface area contributed by atoms with Crippen LogP contribution in [0.5, 0.6) is 0 Å². The summed E-state index contributed by atoms with van der Waals surface area (Å²) in [4.78, 5) is 4.12. The van der Waals surface area contributed by atoms with Gasteiger partial charge in [0.2, 0.25) is 11.6 Å². The summed E-state index contributed by atoms with van der Waals surface area (Å²) < 4.78 is 1.73. The quantitative estimate of drug-likeness (QED) is 0.693. The summed E-state index contributed by atoms with van der Waals surface area (Å²) in [5, 5.41) is 7.75. The van der Waals surface area contributed by atoms with Crippen LogP contribution in [-0.4, -0.2) is 19.6 Å². The molecule has 0 fully saturated rings. The molecule has 2 heterocycles. The molecule has 0 saturated carbocycles. The van der Waals surface area contributed by atoms with E-state index in [4.69, 9.17) is 11.5 Å². The lowest BCUT2D eigenvalue weighted by Gasteiger charge is -2.06. The molecule has 3 aromatic rings. The highest BCUT2D eigenvalue weighted by Crippen LogP contribution is 2.16. The van der Waals surface area contributed by atoms with E-state index >= 15 is 0 Å². The fourth-order valence-electron chi connectivity index (χ4n) is 1.93. The van der Waals surface area contributed by atoms with Gasteiger partial charge in [-0.1, -0.05) is 30.3 Å². The van der Waals surface area contributed by atoms with Crippen LogP contribution < -0.4 is 11.5 Å². The Morgan fingerprint density at radius 1 is 1.06 bits per heavy atom. The number of hydrogen-bond donors (Lipinski definition) is 2. The summed E-state index contributed by atoms with van der Waals surface area (Å²) in [5.74, 6) is 0.654. The Balaban J connectivity index is 2.13. The van der Waals surface area contributed by atoms with Gasteiger partial charge in [0, 0.05) is 12.6 Å². The molecule has 0 atom stereocenters. The predicted octanol–water partition coefficient (Wildman–Crippen LogP) is 0.879. The van der Waals surface area contributed by atoms with E-state index in [9.17, 15) is 0 Å². The van der Waals surface area contributed by atoms with E-state index in [0.29, 0.717) is 23.8 Å².